The predicted octanol–water partition coefficient (Wildman–Crippen LogP) is 1.66. The van der Waals surface area contributed by atoms with E-state index in [2.05, 4.69) is 0 Å². The number of hydrogen-bond donors (Lipinski definition) is 1. The third-order valence-corrected chi connectivity index (χ3v) is 5.55. The molecule has 6 heteroatoms. The van der Waals surface area contributed by atoms with E-state index in [-0.39, 0.29) is 28.3 Å². The van der Waals surface area contributed by atoms with Gasteiger partial charge in [0, 0.05) is 31.3 Å². The first-order valence-electron chi connectivity index (χ1n) is 7.77. The van der Waals surface area contributed by atoms with Gasteiger partial charge < -0.3 is 10.6 Å². The smallest absolute Gasteiger partial charge is 0.255 e. The molecule has 0 radical (unpaired) electrons. The summed E-state index contributed by atoms with van der Waals surface area (Å²) in [7, 11) is -3.47. The molecule has 5 nitrogen and oxygen atoms in total. The summed E-state index contributed by atoms with van der Waals surface area (Å²) in [5.74, 6) is -0.231. The maximum atomic E-state index is 12.8. The summed E-state index contributed by atoms with van der Waals surface area (Å²) >= 11 is 0. The summed E-state index contributed by atoms with van der Waals surface area (Å²) in [5.41, 5.74) is 7.53. The largest absolute Gasteiger partial charge is 0.336 e. The molecule has 2 atom stereocenters. The van der Waals surface area contributed by atoms with E-state index in [1.54, 1.807) is 23.1 Å². The monoisotopic (exact) mass is 344 g/mol. The predicted molar refractivity (Wildman–Crippen MR) is 92.6 cm³/mol. The van der Waals surface area contributed by atoms with Crippen molar-refractivity contribution >= 4 is 15.7 Å². The average molecular weight is 344 g/mol. The van der Waals surface area contributed by atoms with Crippen molar-refractivity contribution in [1.29, 1.82) is 0 Å². The molecule has 1 fully saturated rings. The fraction of sp³-hybridized carbons (Fsp3) is 0.278. The van der Waals surface area contributed by atoms with E-state index in [0.717, 1.165) is 11.8 Å². The molecule has 3 rings (SSSR count). The quantitative estimate of drug-likeness (QED) is 0.918. The van der Waals surface area contributed by atoms with Crippen molar-refractivity contribution in [3.05, 3.63) is 65.7 Å². The molecular weight excluding hydrogens is 324 g/mol. The SMILES string of the molecule is CS(=O)(=O)c1ccccc1C(=O)N1C[C@@H](N)[C@H](c2ccccc2)C1. The standard InChI is InChI=1S/C18H20N2O3S/c1-24(22,23)17-10-6-5-9-14(17)18(21)20-11-15(16(19)12-20)13-7-3-2-4-8-13/h2-10,15-16H,11-12,19H2,1H3/t15-,16+/m0/s1. The number of carbonyl (C=O) groups is 1. The summed E-state index contributed by atoms with van der Waals surface area (Å²) < 4.78 is 23.9. The molecule has 0 bridgehead atoms. The zero-order valence-electron chi connectivity index (χ0n) is 13.4. The molecular formula is C18H20N2O3S. The van der Waals surface area contributed by atoms with Crippen LogP contribution in [0.4, 0.5) is 0 Å². The van der Waals surface area contributed by atoms with E-state index in [1.807, 2.05) is 30.3 Å². The van der Waals surface area contributed by atoms with Gasteiger partial charge >= 0.3 is 0 Å². The van der Waals surface area contributed by atoms with Crippen molar-refractivity contribution in [2.24, 2.45) is 5.73 Å². The molecule has 1 heterocycles. The summed E-state index contributed by atoms with van der Waals surface area (Å²) in [6.45, 7) is 0.901. The second-order valence-corrected chi connectivity index (χ2v) is 8.14. The molecule has 0 spiro atoms. The highest BCUT2D eigenvalue weighted by atomic mass is 32.2. The Morgan fingerprint density at radius 2 is 1.67 bits per heavy atom. The fourth-order valence-corrected chi connectivity index (χ4v) is 4.07. The number of likely N-dealkylation sites (tertiary alicyclic amines) is 1. The maximum Gasteiger partial charge on any atom is 0.255 e. The Bertz CT molecular complexity index is 850. The molecule has 1 saturated heterocycles. The maximum absolute atomic E-state index is 12.8. The van der Waals surface area contributed by atoms with Crippen molar-refractivity contribution in [3.8, 4) is 0 Å². The molecule has 2 aromatic rings. The number of hydrogen-bond acceptors (Lipinski definition) is 4. The molecule has 0 aromatic heterocycles. The van der Waals surface area contributed by atoms with Crippen molar-refractivity contribution in [2.45, 2.75) is 16.9 Å². The van der Waals surface area contributed by atoms with Gasteiger partial charge in [-0.1, -0.05) is 42.5 Å². The third-order valence-electron chi connectivity index (χ3n) is 4.40. The van der Waals surface area contributed by atoms with E-state index in [1.165, 1.54) is 6.07 Å². The zero-order valence-corrected chi connectivity index (χ0v) is 14.2. The Morgan fingerprint density at radius 3 is 2.33 bits per heavy atom. The average Bonchev–Trinajstić information content (AvgIpc) is 2.96. The molecule has 126 valence electrons. The van der Waals surface area contributed by atoms with Crippen molar-refractivity contribution in [1.82, 2.24) is 4.90 Å². The highest BCUT2D eigenvalue weighted by Gasteiger charge is 2.35. The van der Waals surface area contributed by atoms with Crippen LogP contribution in [0, 0.1) is 0 Å². The van der Waals surface area contributed by atoms with Crippen molar-refractivity contribution in [3.63, 3.8) is 0 Å². The Balaban J connectivity index is 1.88. The van der Waals surface area contributed by atoms with Crippen LogP contribution in [0.5, 0.6) is 0 Å². The number of nitrogens with zero attached hydrogens (tertiary/aromatic N) is 1. The van der Waals surface area contributed by atoms with Gasteiger partial charge in [-0.25, -0.2) is 8.42 Å². The first-order valence-corrected chi connectivity index (χ1v) is 9.66. The van der Waals surface area contributed by atoms with Gasteiger partial charge in [0.2, 0.25) is 0 Å². The highest BCUT2D eigenvalue weighted by Crippen LogP contribution is 2.28. The minimum absolute atomic E-state index is 0.0561. The molecule has 2 aromatic carbocycles. The van der Waals surface area contributed by atoms with Crippen LogP contribution in [0.15, 0.2) is 59.5 Å². The lowest BCUT2D eigenvalue weighted by atomic mass is 9.95. The van der Waals surface area contributed by atoms with E-state index in [4.69, 9.17) is 5.73 Å². The summed E-state index contributed by atoms with van der Waals surface area (Å²) in [6.07, 6.45) is 1.11. The van der Waals surface area contributed by atoms with Gasteiger partial charge in [0.15, 0.2) is 9.84 Å². The van der Waals surface area contributed by atoms with E-state index >= 15 is 0 Å². The molecule has 0 saturated carbocycles. The Kier molecular flexibility index (Phi) is 4.43. The number of nitrogens with two attached hydrogens (primary N) is 1. The zero-order chi connectivity index (χ0) is 17.3. The Hall–Kier alpha value is -2.18. The first kappa shape index (κ1) is 16.7. The molecule has 0 aliphatic carbocycles. The van der Waals surface area contributed by atoms with Gasteiger partial charge in [0.1, 0.15) is 0 Å². The van der Waals surface area contributed by atoms with Crippen molar-refractivity contribution < 1.29 is 13.2 Å². The lowest BCUT2D eigenvalue weighted by Crippen LogP contribution is -2.32. The van der Waals surface area contributed by atoms with Crippen LogP contribution in [-0.4, -0.2) is 44.6 Å². The highest BCUT2D eigenvalue weighted by molar-refractivity contribution is 7.90. The lowest BCUT2D eigenvalue weighted by molar-refractivity contribution is 0.0785. The molecule has 1 aliphatic heterocycles. The molecule has 24 heavy (non-hydrogen) atoms. The summed E-state index contributed by atoms with van der Waals surface area (Å²) in [4.78, 5) is 14.5. The summed E-state index contributed by atoms with van der Waals surface area (Å²) in [6, 6.07) is 16.0. The third kappa shape index (κ3) is 3.20. The van der Waals surface area contributed by atoms with Gasteiger partial charge in [-0.3, -0.25) is 4.79 Å². The second kappa shape index (κ2) is 6.37. The fourth-order valence-electron chi connectivity index (χ4n) is 3.18. The van der Waals surface area contributed by atoms with Crippen LogP contribution in [0.2, 0.25) is 0 Å². The Morgan fingerprint density at radius 1 is 1.04 bits per heavy atom. The minimum Gasteiger partial charge on any atom is -0.336 e. The van der Waals surface area contributed by atoms with Gasteiger partial charge in [0.05, 0.1) is 10.5 Å². The normalized spacial score (nSPS) is 21.0. The van der Waals surface area contributed by atoms with Gasteiger partial charge in [-0.05, 0) is 17.7 Å². The molecule has 2 N–H and O–H groups in total. The van der Waals surface area contributed by atoms with Crippen LogP contribution in [0.3, 0.4) is 0 Å². The van der Waals surface area contributed by atoms with Crippen LogP contribution >= 0.6 is 0 Å². The molecule has 0 unspecified atom stereocenters. The molecule has 1 aliphatic rings. The molecule has 1 amide bonds. The summed E-state index contributed by atoms with van der Waals surface area (Å²) in [5, 5.41) is 0. The van der Waals surface area contributed by atoms with E-state index in [0.29, 0.717) is 13.1 Å². The van der Waals surface area contributed by atoms with Crippen LogP contribution in [-0.2, 0) is 9.84 Å². The van der Waals surface area contributed by atoms with E-state index in [9.17, 15) is 13.2 Å². The van der Waals surface area contributed by atoms with Crippen LogP contribution < -0.4 is 5.73 Å². The van der Waals surface area contributed by atoms with Gasteiger partial charge in [-0.2, -0.15) is 0 Å². The second-order valence-electron chi connectivity index (χ2n) is 6.16. The number of benzene rings is 2. The lowest BCUT2D eigenvalue weighted by Gasteiger charge is -2.18. The van der Waals surface area contributed by atoms with Gasteiger partial charge in [-0.15, -0.1) is 0 Å². The number of sulfone groups is 1. The number of rotatable bonds is 3. The topological polar surface area (TPSA) is 80.5 Å². The number of carbonyl (C=O) groups excluding carboxylic acids is 1. The van der Waals surface area contributed by atoms with Crippen LogP contribution in [0.1, 0.15) is 21.8 Å². The number of amides is 1. The van der Waals surface area contributed by atoms with Crippen LogP contribution in [0.25, 0.3) is 0 Å². The van der Waals surface area contributed by atoms with E-state index < -0.39 is 9.84 Å². The van der Waals surface area contributed by atoms with Crippen molar-refractivity contribution in [2.75, 3.05) is 19.3 Å². The van der Waals surface area contributed by atoms with Gasteiger partial charge in [0.25, 0.3) is 5.91 Å². The first-order chi connectivity index (χ1) is 11.4. The Labute approximate surface area is 142 Å². The minimum atomic E-state index is -3.47.